The summed E-state index contributed by atoms with van der Waals surface area (Å²) in [6.45, 7) is 1.93. The molecule has 0 unspecified atom stereocenters. The highest BCUT2D eigenvalue weighted by Crippen LogP contribution is 1.99. The molecule has 1 aromatic heterocycles. The van der Waals surface area contributed by atoms with Crippen molar-refractivity contribution in [3.05, 3.63) is 17.8 Å². The fraction of sp³-hybridized carbons (Fsp3) is 0.556. The predicted octanol–water partition coefficient (Wildman–Crippen LogP) is 0.332. The molecule has 0 radical (unpaired) electrons. The molecule has 1 aromatic rings. The van der Waals surface area contributed by atoms with E-state index in [1.165, 1.54) is 20.5 Å². The molecule has 0 aliphatic carbocycles. The minimum absolute atomic E-state index is 0.249. The first-order valence-electron chi connectivity index (χ1n) is 4.43. The number of methoxy groups -OCH3 is 2. The second kappa shape index (κ2) is 5.47. The Bertz CT molecular complexity index is 320. The van der Waals surface area contributed by atoms with Crippen LogP contribution in [0.1, 0.15) is 16.4 Å². The minimum atomic E-state index is -0.457. The maximum absolute atomic E-state index is 11.4. The van der Waals surface area contributed by atoms with E-state index in [2.05, 4.69) is 10.3 Å². The van der Waals surface area contributed by atoms with Crippen LogP contribution in [-0.4, -0.2) is 37.9 Å². The van der Waals surface area contributed by atoms with Crippen molar-refractivity contribution in [1.82, 2.24) is 10.3 Å². The maximum Gasteiger partial charge on any atom is 0.273 e. The SMILES string of the molecule is COC(CNC(=O)c1coc(C)n1)OC. The van der Waals surface area contributed by atoms with Crippen molar-refractivity contribution in [2.75, 3.05) is 20.8 Å². The molecule has 84 valence electrons. The molecule has 0 aliphatic rings. The summed E-state index contributed by atoms with van der Waals surface area (Å²) in [7, 11) is 3.00. The van der Waals surface area contributed by atoms with Gasteiger partial charge in [0.2, 0.25) is 0 Å². The third-order valence-corrected chi connectivity index (χ3v) is 1.81. The van der Waals surface area contributed by atoms with Gasteiger partial charge in [0.1, 0.15) is 6.26 Å². The monoisotopic (exact) mass is 214 g/mol. The standard InChI is InChI=1S/C9H14N2O4/c1-6-11-7(5-15-6)9(12)10-4-8(13-2)14-3/h5,8H,4H2,1-3H3,(H,10,12). The smallest absolute Gasteiger partial charge is 0.273 e. The molecule has 0 bridgehead atoms. The number of aromatic nitrogens is 1. The molecule has 0 fully saturated rings. The molecule has 6 nitrogen and oxygen atoms in total. The van der Waals surface area contributed by atoms with E-state index in [-0.39, 0.29) is 18.1 Å². The Labute approximate surface area is 87.6 Å². The number of rotatable bonds is 5. The lowest BCUT2D eigenvalue weighted by Crippen LogP contribution is -2.34. The maximum atomic E-state index is 11.4. The Hall–Kier alpha value is -1.40. The van der Waals surface area contributed by atoms with Crippen molar-refractivity contribution in [2.45, 2.75) is 13.2 Å². The van der Waals surface area contributed by atoms with E-state index in [4.69, 9.17) is 13.9 Å². The van der Waals surface area contributed by atoms with Gasteiger partial charge in [0.05, 0.1) is 6.54 Å². The van der Waals surface area contributed by atoms with Gasteiger partial charge in [0.25, 0.3) is 5.91 Å². The van der Waals surface area contributed by atoms with Gasteiger partial charge >= 0.3 is 0 Å². The van der Waals surface area contributed by atoms with Crippen LogP contribution in [0.15, 0.2) is 10.7 Å². The molecule has 0 saturated heterocycles. The molecule has 6 heteroatoms. The van der Waals surface area contributed by atoms with Gasteiger partial charge < -0.3 is 19.2 Å². The number of carbonyl (C=O) groups is 1. The quantitative estimate of drug-likeness (QED) is 0.715. The van der Waals surface area contributed by atoms with Crippen LogP contribution < -0.4 is 5.32 Å². The summed E-state index contributed by atoms with van der Waals surface area (Å²) in [5, 5.41) is 2.60. The van der Waals surface area contributed by atoms with Gasteiger partial charge in [-0.15, -0.1) is 0 Å². The summed E-state index contributed by atoms with van der Waals surface area (Å²) in [5.74, 6) is 0.140. The van der Waals surface area contributed by atoms with E-state index in [0.717, 1.165) is 0 Å². The van der Waals surface area contributed by atoms with E-state index < -0.39 is 6.29 Å². The number of hydrogen-bond donors (Lipinski definition) is 1. The number of nitrogens with zero attached hydrogens (tertiary/aromatic N) is 1. The number of carbonyl (C=O) groups excluding carboxylic acids is 1. The Morgan fingerprint density at radius 3 is 2.73 bits per heavy atom. The van der Waals surface area contributed by atoms with E-state index >= 15 is 0 Å². The molecule has 0 aliphatic heterocycles. The predicted molar refractivity (Wildman–Crippen MR) is 51.4 cm³/mol. The van der Waals surface area contributed by atoms with Crippen molar-refractivity contribution in [1.29, 1.82) is 0 Å². The van der Waals surface area contributed by atoms with Crippen LogP contribution >= 0.6 is 0 Å². The lowest BCUT2D eigenvalue weighted by molar-refractivity contribution is -0.0974. The summed E-state index contributed by atoms with van der Waals surface area (Å²) < 4.78 is 14.7. The summed E-state index contributed by atoms with van der Waals surface area (Å²) >= 11 is 0. The first-order valence-corrected chi connectivity index (χ1v) is 4.43. The van der Waals surface area contributed by atoms with Crippen molar-refractivity contribution < 1.29 is 18.7 Å². The summed E-state index contributed by atoms with van der Waals surface area (Å²) in [4.78, 5) is 15.3. The molecule has 1 N–H and O–H groups in total. The highest BCUT2D eigenvalue weighted by molar-refractivity contribution is 5.91. The number of nitrogens with one attached hydrogen (secondary N) is 1. The van der Waals surface area contributed by atoms with Crippen LogP contribution in [0, 0.1) is 6.92 Å². The number of amides is 1. The van der Waals surface area contributed by atoms with Gasteiger partial charge in [-0.1, -0.05) is 0 Å². The molecule has 0 aromatic carbocycles. The van der Waals surface area contributed by atoms with Crippen LogP contribution in [0.3, 0.4) is 0 Å². The lowest BCUT2D eigenvalue weighted by atomic mass is 10.4. The minimum Gasteiger partial charge on any atom is -0.448 e. The molecular weight excluding hydrogens is 200 g/mol. The highest BCUT2D eigenvalue weighted by atomic mass is 16.7. The molecule has 1 amide bonds. The van der Waals surface area contributed by atoms with Gasteiger partial charge in [0, 0.05) is 21.1 Å². The Balaban J connectivity index is 2.42. The number of hydrogen-bond acceptors (Lipinski definition) is 5. The van der Waals surface area contributed by atoms with Gasteiger partial charge in [-0.05, 0) is 0 Å². The van der Waals surface area contributed by atoms with Gasteiger partial charge in [-0.2, -0.15) is 0 Å². The third-order valence-electron chi connectivity index (χ3n) is 1.81. The van der Waals surface area contributed by atoms with Gasteiger partial charge in [-0.25, -0.2) is 4.98 Å². The van der Waals surface area contributed by atoms with Crippen LogP contribution in [0.2, 0.25) is 0 Å². The van der Waals surface area contributed by atoms with Crippen LogP contribution in [-0.2, 0) is 9.47 Å². The largest absolute Gasteiger partial charge is 0.448 e. The summed E-state index contributed by atoms with van der Waals surface area (Å²) in [6, 6.07) is 0. The van der Waals surface area contributed by atoms with Crippen molar-refractivity contribution >= 4 is 5.91 Å². The molecular formula is C9H14N2O4. The molecule has 0 atom stereocenters. The van der Waals surface area contributed by atoms with Crippen LogP contribution in [0.25, 0.3) is 0 Å². The number of aryl methyl sites for hydroxylation is 1. The van der Waals surface area contributed by atoms with Crippen molar-refractivity contribution in [2.24, 2.45) is 0 Å². The van der Waals surface area contributed by atoms with Crippen LogP contribution in [0.4, 0.5) is 0 Å². The van der Waals surface area contributed by atoms with Gasteiger partial charge in [0.15, 0.2) is 17.9 Å². The Morgan fingerprint density at radius 2 is 2.27 bits per heavy atom. The lowest BCUT2D eigenvalue weighted by Gasteiger charge is -2.13. The number of oxazole rings is 1. The fourth-order valence-electron chi connectivity index (χ4n) is 0.997. The Kier molecular flexibility index (Phi) is 4.26. The molecule has 1 rings (SSSR count). The summed E-state index contributed by atoms with van der Waals surface area (Å²) in [6.07, 6.45) is 0.848. The van der Waals surface area contributed by atoms with Gasteiger partial charge in [-0.3, -0.25) is 4.79 Å². The Morgan fingerprint density at radius 1 is 1.60 bits per heavy atom. The third kappa shape index (κ3) is 3.34. The zero-order valence-corrected chi connectivity index (χ0v) is 8.94. The highest BCUT2D eigenvalue weighted by Gasteiger charge is 2.12. The molecule has 1 heterocycles. The normalized spacial score (nSPS) is 10.7. The topological polar surface area (TPSA) is 73.6 Å². The first kappa shape index (κ1) is 11.7. The summed E-state index contributed by atoms with van der Waals surface area (Å²) in [5.41, 5.74) is 0.249. The van der Waals surface area contributed by atoms with E-state index in [0.29, 0.717) is 5.89 Å². The average Bonchev–Trinajstić information content (AvgIpc) is 2.66. The van der Waals surface area contributed by atoms with E-state index in [9.17, 15) is 4.79 Å². The van der Waals surface area contributed by atoms with Crippen molar-refractivity contribution in [3.63, 3.8) is 0 Å². The van der Waals surface area contributed by atoms with Crippen LogP contribution in [0.5, 0.6) is 0 Å². The second-order valence-electron chi connectivity index (χ2n) is 2.86. The number of ether oxygens (including phenoxy) is 2. The second-order valence-corrected chi connectivity index (χ2v) is 2.86. The zero-order valence-electron chi connectivity index (χ0n) is 8.94. The fourth-order valence-corrected chi connectivity index (χ4v) is 0.997. The first-order chi connectivity index (χ1) is 7.17. The average molecular weight is 214 g/mol. The zero-order chi connectivity index (χ0) is 11.3. The molecule has 15 heavy (non-hydrogen) atoms. The molecule has 0 saturated carbocycles. The van der Waals surface area contributed by atoms with E-state index in [1.54, 1.807) is 6.92 Å². The molecule has 0 spiro atoms. The van der Waals surface area contributed by atoms with Crippen molar-refractivity contribution in [3.8, 4) is 0 Å². The van der Waals surface area contributed by atoms with E-state index in [1.807, 2.05) is 0 Å².